The van der Waals surface area contributed by atoms with Crippen LogP contribution in [0.25, 0.3) is 15.9 Å². The number of aliphatic hydroxyl groups excluding tert-OH is 1. The van der Waals surface area contributed by atoms with Gasteiger partial charge in [-0.3, -0.25) is 0 Å². The number of hydrogen-bond acceptors (Lipinski definition) is 7. The van der Waals surface area contributed by atoms with Crippen LogP contribution in [-0.2, 0) is 0 Å². The van der Waals surface area contributed by atoms with Gasteiger partial charge < -0.3 is 19.9 Å². The molecule has 0 spiro atoms. The lowest BCUT2D eigenvalue weighted by atomic mass is 10.3. The Morgan fingerprint density at radius 2 is 1.86 bits per heavy atom. The molecule has 0 amide bonds. The molecule has 9 heteroatoms. The number of para-hydroxylation sites is 1. The van der Waals surface area contributed by atoms with Crippen molar-refractivity contribution in [1.29, 1.82) is 0 Å². The number of aliphatic hydroxyl groups is 1. The first-order valence-electron chi connectivity index (χ1n) is 9.29. The molecule has 1 aliphatic heterocycles. The van der Waals surface area contributed by atoms with E-state index in [-0.39, 0.29) is 0 Å². The SMILES string of the molecule is Brc1csc2c(Nc3cn(-c4ccccc4)cn3)nc(N3CCCC3)nc12.CO. The maximum absolute atomic E-state index is 7.00. The molecule has 7 nitrogen and oxygen atoms in total. The summed E-state index contributed by atoms with van der Waals surface area (Å²) in [6.45, 7) is 2.02. The predicted octanol–water partition coefficient (Wildman–Crippen LogP) is 4.59. The number of halogens is 1. The minimum atomic E-state index is 0.760. The van der Waals surface area contributed by atoms with Crippen LogP contribution in [0.5, 0.6) is 0 Å². The number of aromatic nitrogens is 4. The molecular formula is C20H21BrN6OS. The van der Waals surface area contributed by atoms with Gasteiger partial charge in [0, 0.05) is 31.3 Å². The Balaban J connectivity index is 0.000000994. The van der Waals surface area contributed by atoms with E-state index in [0.717, 1.165) is 58.2 Å². The number of fused-ring (bicyclic) bond motifs is 1. The second kappa shape index (κ2) is 8.89. The molecule has 5 rings (SSSR count). The lowest BCUT2D eigenvalue weighted by Gasteiger charge is -2.16. The molecule has 4 aromatic rings. The molecule has 0 aliphatic carbocycles. The van der Waals surface area contributed by atoms with Crippen molar-refractivity contribution < 1.29 is 5.11 Å². The maximum atomic E-state index is 7.00. The van der Waals surface area contributed by atoms with E-state index in [0.29, 0.717) is 0 Å². The fraction of sp³-hybridized carbons (Fsp3) is 0.250. The van der Waals surface area contributed by atoms with Crippen molar-refractivity contribution in [1.82, 2.24) is 19.5 Å². The van der Waals surface area contributed by atoms with Gasteiger partial charge in [0.25, 0.3) is 0 Å². The van der Waals surface area contributed by atoms with Gasteiger partial charge in [-0.25, -0.2) is 9.97 Å². The van der Waals surface area contributed by atoms with Gasteiger partial charge in [-0.2, -0.15) is 4.98 Å². The Labute approximate surface area is 181 Å². The highest BCUT2D eigenvalue weighted by Gasteiger charge is 2.19. The Hall–Kier alpha value is -2.49. The van der Waals surface area contributed by atoms with Crippen molar-refractivity contribution in [2.24, 2.45) is 0 Å². The van der Waals surface area contributed by atoms with Gasteiger partial charge in [-0.05, 0) is 40.9 Å². The smallest absolute Gasteiger partial charge is 0.227 e. The predicted molar refractivity (Wildman–Crippen MR) is 122 cm³/mol. The molecule has 150 valence electrons. The lowest BCUT2D eigenvalue weighted by molar-refractivity contribution is 0.399. The van der Waals surface area contributed by atoms with Crippen molar-refractivity contribution in [3.8, 4) is 5.69 Å². The first kappa shape index (κ1) is 19.8. The average Bonchev–Trinajstić information content (AvgIpc) is 3.52. The largest absolute Gasteiger partial charge is 0.400 e. The zero-order valence-corrected chi connectivity index (χ0v) is 18.3. The average molecular weight is 473 g/mol. The molecule has 1 aliphatic rings. The summed E-state index contributed by atoms with van der Waals surface area (Å²) < 4.78 is 4.02. The number of anilines is 3. The van der Waals surface area contributed by atoms with E-state index in [9.17, 15) is 0 Å². The van der Waals surface area contributed by atoms with Crippen LogP contribution in [0, 0.1) is 0 Å². The quantitative estimate of drug-likeness (QED) is 0.452. The van der Waals surface area contributed by atoms with E-state index in [1.165, 1.54) is 12.8 Å². The Morgan fingerprint density at radius 1 is 1.10 bits per heavy atom. The molecule has 0 saturated carbocycles. The molecule has 0 unspecified atom stereocenters. The highest BCUT2D eigenvalue weighted by atomic mass is 79.9. The fourth-order valence-electron chi connectivity index (χ4n) is 3.27. The first-order valence-corrected chi connectivity index (χ1v) is 11.0. The number of imidazole rings is 1. The molecule has 1 fully saturated rings. The van der Waals surface area contributed by atoms with E-state index in [1.807, 2.05) is 35.3 Å². The lowest BCUT2D eigenvalue weighted by Crippen LogP contribution is -2.20. The summed E-state index contributed by atoms with van der Waals surface area (Å²) in [7, 11) is 1.00. The second-order valence-electron chi connectivity index (χ2n) is 6.45. The van der Waals surface area contributed by atoms with Crippen LogP contribution >= 0.6 is 27.3 Å². The summed E-state index contributed by atoms with van der Waals surface area (Å²) in [5, 5.41) is 12.5. The van der Waals surface area contributed by atoms with Gasteiger partial charge >= 0.3 is 0 Å². The van der Waals surface area contributed by atoms with Crippen molar-refractivity contribution in [3.63, 3.8) is 0 Å². The molecule has 4 heterocycles. The van der Waals surface area contributed by atoms with E-state index in [1.54, 1.807) is 11.3 Å². The summed E-state index contributed by atoms with van der Waals surface area (Å²) >= 11 is 5.24. The maximum Gasteiger partial charge on any atom is 0.227 e. The van der Waals surface area contributed by atoms with E-state index >= 15 is 0 Å². The van der Waals surface area contributed by atoms with E-state index in [4.69, 9.17) is 15.1 Å². The van der Waals surface area contributed by atoms with Crippen LogP contribution in [0.1, 0.15) is 12.8 Å². The monoisotopic (exact) mass is 472 g/mol. The van der Waals surface area contributed by atoms with E-state index < -0.39 is 0 Å². The van der Waals surface area contributed by atoms with Crippen LogP contribution in [0.15, 0.2) is 52.7 Å². The molecule has 1 aromatic carbocycles. The minimum Gasteiger partial charge on any atom is -0.400 e. The molecule has 0 atom stereocenters. The summed E-state index contributed by atoms with van der Waals surface area (Å²) in [5.74, 6) is 2.34. The number of benzene rings is 1. The molecule has 2 N–H and O–H groups in total. The van der Waals surface area contributed by atoms with Crippen LogP contribution in [0.4, 0.5) is 17.6 Å². The molecule has 0 radical (unpaired) electrons. The number of thiophene rings is 1. The van der Waals surface area contributed by atoms with Gasteiger partial charge in [0.1, 0.15) is 17.7 Å². The van der Waals surface area contributed by atoms with Crippen LogP contribution in [0.2, 0.25) is 0 Å². The number of nitrogens with zero attached hydrogens (tertiary/aromatic N) is 5. The Kier molecular flexibility index (Phi) is 6.08. The van der Waals surface area contributed by atoms with Gasteiger partial charge in [0.15, 0.2) is 5.82 Å². The molecule has 0 bridgehead atoms. The summed E-state index contributed by atoms with van der Waals surface area (Å²) in [5.41, 5.74) is 2.02. The molecule has 3 aromatic heterocycles. The van der Waals surface area contributed by atoms with Crippen molar-refractivity contribution in [3.05, 3.63) is 52.7 Å². The third-order valence-corrected chi connectivity index (χ3v) is 6.52. The van der Waals surface area contributed by atoms with E-state index in [2.05, 4.69) is 48.6 Å². The minimum absolute atomic E-state index is 0.760. The zero-order valence-electron chi connectivity index (χ0n) is 15.9. The summed E-state index contributed by atoms with van der Waals surface area (Å²) in [6, 6.07) is 10.1. The fourth-order valence-corrected chi connectivity index (χ4v) is 4.78. The Morgan fingerprint density at radius 3 is 2.62 bits per heavy atom. The number of hydrogen-bond donors (Lipinski definition) is 2. The topological polar surface area (TPSA) is 79.1 Å². The normalized spacial score (nSPS) is 13.4. The van der Waals surface area contributed by atoms with Gasteiger partial charge in [-0.15, -0.1) is 11.3 Å². The second-order valence-corrected chi connectivity index (χ2v) is 8.19. The van der Waals surface area contributed by atoms with Gasteiger partial charge in [0.2, 0.25) is 5.95 Å². The van der Waals surface area contributed by atoms with Gasteiger partial charge in [-0.1, -0.05) is 18.2 Å². The first-order chi connectivity index (χ1) is 14.3. The summed E-state index contributed by atoms with van der Waals surface area (Å²) in [4.78, 5) is 16.3. The number of rotatable bonds is 4. The molecular weight excluding hydrogens is 452 g/mol. The Bertz CT molecular complexity index is 1090. The van der Waals surface area contributed by atoms with Crippen LogP contribution in [0.3, 0.4) is 0 Å². The highest BCUT2D eigenvalue weighted by molar-refractivity contribution is 9.10. The molecule has 1 saturated heterocycles. The summed E-state index contributed by atoms with van der Waals surface area (Å²) in [6.07, 6.45) is 6.16. The van der Waals surface area contributed by atoms with Crippen molar-refractivity contribution in [2.75, 3.05) is 30.4 Å². The molecule has 29 heavy (non-hydrogen) atoms. The zero-order chi connectivity index (χ0) is 20.2. The third kappa shape index (κ3) is 4.12. The third-order valence-electron chi connectivity index (χ3n) is 4.63. The van der Waals surface area contributed by atoms with Crippen LogP contribution < -0.4 is 10.2 Å². The van der Waals surface area contributed by atoms with Gasteiger partial charge in [0.05, 0.1) is 15.4 Å². The van der Waals surface area contributed by atoms with Crippen molar-refractivity contribution in [2.45, 2.75) is 12.8 Å². The standard InChI is InChI=1S/C19H17BrN6S.CH4O/c20-14-11-27-17-16(14)23-19(25-8-4-5-9-25)24-18(17)22-15-10-26(12-21-15)13-6-2-1-3-7-13;1-2/h1-3,6-7,10-12H,4-5,8-9H2,(H,22,23,24);2H,1H3. The number of nitrogens with one attached hydrogen (secondary N) is 1. The highest BCUT2D eigenvalue weighted by Crippen LogP contribution is 2.36. The van der Waals surface area contributed by atoms with Crippen molar-refractivity contribution >= 4 is 55.1 Å². The van der Waals surface area contributed by atoms with Crippen LogP contribution in [-0.4, -0.2) is 44.8 Å².